The van der Waals surface area contributed by atoms with Crippen molar-refractivity contribution in [3.8, 4) is 17.7 Å². The molecule has 4 rings (SSSR count). The van der Waals surface area contributed by atoms with Crippen molar-refractivity contribution in [2.45, 2.75) is 26.2 Å². The first-order chi connectivity index (χ1) is 17.2. The number of nitrogens with zero attached hydrogens (tertiary/aromatic N) is 3. The average molecular weight is 499 g/mol. The van der Waals surface area contributed by atoms with Crippen molar-refractivity contribution in [3.05, 3.63) is 105 Å². The van der Waals surface area contributed by atoms with Gasteiger partial charge in [-0.1, -0.05) is 56.6 Å². The number of carbonyl (C=O) groups is 1. The summed E-state index contributed by atoms with van der Waals surface area (Å²) in [5.74, 6) is -0.248. The van der Waals surface area contributed by atoms with Crippen LogP contribution in [0.5, 0.6) is 11.6 Å². The fraction of sp³-hybridized carbons (Fsp3) is 0.143. The molecule has 1 amide bonds. The average Bonchev–Trinajstić information content (AvgIpc) is 2.84. The molecule has 36 heavy (non-hydrogen) atoms. The number of nitrogens with one attached hydrogen (secondary N) is 1. The predicted octanol–water partition coefficient (Wildman–Crippen LogP) is 5.98. The quantitative estimate of drug-likeness (QED) is 0.269. The van der Waals surface area contributed by atoms with E-state index in [9.17, 15) is 14.9 Å². The summed E-state index contributed by atoms with van der Waals surface area (Å²) >= 11 is 5.98. The van der Waals surface area contributed by atoms with Crippen LogP contribution >= 0.6 is 11.6 Å². The number of halogens is 1. The lowest BCUT2D eigenvalue weighted by Gasteiger charge is -2.19. The van der Waals surface area contributed by atoms with Gasteiger partial charge in [-0.3, -0.25) is 14.0 Å². The van der Waals surface area contributed by atoms with Crippen molar-refractivity contribution in [1.82, 2.24) is 9.38 Å². The molecule has 0 saturated heterocycles. The second-order valence-electron chi connectivity index (χ2n) is 9.08. The number of pyridine rings is 1. The molecule has 2 aromatic heterocycles. The van der Waals surface area contributed by atoms with Crippen molar-refractivity contribution >= 4 is 34.9 Å². The molecule has 8 heteroatoms. The van der Waals surface area contributed by atoms with E-state index in [0.29, 0.717) is 22.1 Å². The summed E-state index contributed by atoms with van der Waals surface area (Å²) in [6, 6.07) is 21.0. The number of anilines is 1. The lowest BCUT2D eigenvalue weighted by atomic mass is 9.87. The number of hydrogen-bond donors (Lipinski definition) is 1. The zero-order valence-electron chi connectivity index (χ0n) is 19.9. The summed E-state index contributed by atoms with van der Waals surface area (Å²) in [7, 11) is 0. The molecule has 0 radical (unpaired) electrons. The number of rotatable bonds is 5. The molecule has 2 aromatic carbocycles. The number of fused-ring (bicyclic) bond motifs is 1. The van der Waals surface area contributed by atoms with Gasteiger partial charge in [-0.25, -0.2) is 0 Å². The maximum Gasteiger partial charge on any atom is 0.269 e. The molecule has 7 nitrogen and oxygen atoms in total. The predicted molar refractivity (Wildman–Crippen MR) is 140 cm³/mol. The van der Waals surface area contributed by atoms with Gasteiger partial charge < -0.3 is 10.1 Å². The van der Waals surface area contributed by atoms with Crippen LogP contribution in [-0.2, 0) is 10.2 Å². The largest absolute Gasteiger partial charge is 0.438 e. The highest BCUT2D eigenvalue weighted by atomic mass is 35.5. The minimum Gasteiger partial charge on any atom is -0.438 e. The molecule has 0 fully saturated rings. The lowest BCUT2D eigenvalue weighted by Crippen LogP contribution is -2.20. The Balaban J connectivity index is 1.77. The molecule has 2 heterocycles. The zero-order chi connectivity index (χ0) is 25.9. The second-order valence-corrected chi connectivity index (χ2v) is 9.51. The highest BCUT2D eigenvalue weighted by Crippen LogP contribution is 2.28. The smallest absolute Gasteiger partial charge is 0.269 e. The highest BCUT2D eigenvalue weighted by Gasteiger charge is 2.18. The number of aromatic nitrogens is 2. The molecule has 0 bridgehead atoms. The molecular formula is C28H23ClN4O3. The van der Waals surface area contributed by atoms with E-state index in [0.717, 1.165) is 5.56 Å². The second kappa shape index (κ2) is 10.1. The minimum absolute atomic E-state index is 0.0157. The highest BCUT2D eigenvalue weighted by molar-refractivity contribution is 6.31. The van der Waals surface area contributed by atoms with Gasteiger partial charge in [-0.05, 0) is 59.5 Å². The van der Waals surface area contributed by atoms with Gasteiger partial charge in [-0.2, -0.15) is 10.2 Å². The molecule has 0 spiro atoms. The van der Waals surface area contributed by atoms with Gasteiger partial charge in [0, 0.05) is 16.9 Å². The normalized spacial score (nSPS) is 11.7. The monoisotopic (exact) mass is 498 g/mol. The first-order valence-electron chi connectivity index (χ1n) is 11.1. The molecule has 0 unspecified atom stereocenters. The van der Waals surface area contributed by atoms with Gasteiger partial charge in [0.25, 0.3) is 11.5 Å². The summed E-state index contributed by atoms with van der Waals surface area (Å²) in [4.78, 5) is 30.6. The summed E-state index contributed by atoms with van der Waals surface area (Å²) in [6.07, 6.45) is 2.75. The Morgan fingerprint density at radius 3 is 2.53 bits per heavy atom. The molecule has 180 valence electrons. The van der Waals surface area contributed by atoms with Crippen molar-refractivity contribution in [2.75, 3.05) is 5.32 Å². The number of carbonyl (C=O) groups excluding carboxylic acids is 1. The van der Waals surface area contributed by atoms with Crippen LogP contribution in [0.15, 0.2) is 83.3 Å². The van der Waals surface area contributed by atoms with Crippen LogP contribution in [-0.4, -0.2) is 15.3 Å². The van der Waals surface area contributed by atoms with E-state index in [4.69, 9.17) is 16.3 Å². The Labute approximate surface area is 213 Å². The molecule has 0 aliphatic rings. The number of benzene rings is 2. The van der Waals surface area contributed by atoms with Gasteiger partial charge >= 0.3 is 0 Å². The fourth-order valence-electron chi connectivity index (χ4n) is 3.48. The summed E-state index contributed by atoms with van der Waals surface area (Å²) in [5, 5.41) is 12.8. The summed E-state index contributed by atoms with van der Waals surface area (Å²) in [6.45, 7) is 6.32. The standard InChI is InChI=1S/C28H23ClN4O3/c1-28(2,3)19-10-12-22(13-11-19)36-26-23(27(35)33-14-5-4-9-24(33)32-26)15-18(17-30)25(34)31-21-8-6-7-20(29)16-21/h4-16H,1-3H3,(H,31,34)/b18-15-. The van der Waals surface area contributed by atoms with Crippen LogP contribution in [0.1, 0.15) is 31.9 Å². The summed E-state index contributed by atoms with van der Waals surface area (Å²) in [5.41, 5.74) is 1.05. The van der Waals surface area contributed by atoms with Gasteiger partial charge in [0.15, 0.2) is 0 Å². The number of hydrogen-bond acceptors (Lipinski definition) is 5. The number of ether oxygens (including phenoxy) is 1. The third-order valence-corrected chi connectivity index (χ3v) is 5.64. The van der Waals surface area contributed by atoms with Crippen molar-refractivity contribution in [3.63, 3.8) is 0 Å². The Kier molecular flexibility index (Phi) is 6.91. The van der Waals surface area contributed by atoms with Crippen LogP contribution in [0.25, 0.3) is 11.7 Å². The molecule has 4 aromatic rings. The van der Waals surface area contributed by atoms with Crippen molar-refractivity contribution in [2.24, 2.45) is 0 Å². The third-order valence-electron chi connectivity index (χ3n) is 5.41. The van der Waals surface area contributed by atoms with Crippen molar-refractivity contribution < 1.29 is 9.53 Å². The van der Waals surface area contributed by atoms with Crippen LogP contribution in [0.4, 0.5) is 5.69 Å². The van der Waals surface area contributed by atoms with Gasteiger partial charge in [0.2, 0.25) is 5.88 Å². The maximum absolute atomic E-state index is 13.3. The Hall–Kier alpha value is -4.41. The van der Waals surface area contributed by atoms with Crippen LogP contribution in [0.2, 0.25) is 5.02 Å². The third kappa shape index (κ3) is 5.45. The van der Waals surface area contributed by atoms with E-state index < -0.39 is 11.5 Å². The SMILES string of the molecule is CC(C)(C)c1ccc(Oc2nc3ccccn3c(=O)c2/C=C(/C#N)C(=O)Nc2cccc(Cl)c2)cc1. The van der Waals surface area contributed by atoms with E-state index in [1.54, 1.807) is 60.8 Å². The molecule has 0 atom stereocenters. The van der Waals surface area contributed by atoms with Crippen LogP contribution in [0, 0.1) is 11.3 Å². The Morgan fingerprint density at radius 2 is 1.86 bits per heavy atom. The van der Waals surface area contributed by atoms with Gasteiger partial charge in [-0.15, -0.1) is 0 Å². The van der Waals surface area contributed by atoms with E-state index in [1.165, 1.54) is 10.5 Å². The molecule has 1 N–H and O–H groups in total. The van der Waals surface area contributed by atoms with Crippen molar-refractivity contribution in [1.29, 1.82) is 5.26 Å². The minimum atomic E-state index is -0.696. The number of nitriles is 1. The van der Waals surface area contributed by atoms with Gasteiger partial charge in [0.05, 0.1) is 0 Å². The molecule has 0 aliphatic heterocycles. The van der Waals surface area contributed by atoms with Crippen LogP contribution in [0.3, 0.4) is 0 Å². The fourth-order valence-corrected chi connectivity index (χ4v) is 3.67. The zero-order valence-corrected chi connectivity index (χ0v) is 20.7. The van der Waals surface area contributed by atoms with Gasteiger partial charge in [0.1, 0.15) is 28.6 Å². The Bertz CT molecular complexity index is 1580. The molecular weight excluding hydrogens is 476 g/mol. The van der Waals surface area contributed by atoms with E-state index >= 15 is 0 Å². The summed E-state index contributed by atoms with van der Waals surface area (Å²) < 4.78 is 7.32. The first kappa shape index (κ1) is 24.7. The lowest BCUT2D eigenvalue weighted by molar-refractivity contribution is -0.112. The molecule has 0 aliphatic carbocycles. The van der Waals surface area contributed by atoms with Crippen LogP contribution < -0.4 is 15.6 Å². The number of amides is 1. The molecule has 0 saturated carbocycles. The topological polar surface area (TPSA) is 96.5 Å². The first-order valence-corrected chi connectivity index (χ1v) is 11.5. The van der Waals surface area contributed by atoms with E-state index in [2.05, 4.69) is 31.1 Å². The maximum atomic E-state index is 13.3. The Morgan fingerprint density at radius 1 is 1.11 bits per heavy atom. The van der Waals surface area contributed by atoms with E-state index in [-0.39, 0.29) is 22.4 Å². The van der Waals surface area contributed by atoms with E-state index in [1.807, 2.05) is 18.2 Å².